The summed E-state index contributed by atoms with van der Waals surface area (Å²) >= 11 is 1.81. The molecule has 0 aromatic rings. The number of amides is 2. The van der Waals surface area contributed by atoms with E-state index in [-0.39, 0.29) is 12.1 Å². The average Bonchev–Trinajstić information content (AvgIpc) is 2.44. The van der Waals surface area contributed by atoms with Gasteiger partial charge in [0.2, 0.25) is 0 Å². The molecule has 7 heteroatoms. The second-order valence-electron chi connectivity index (χ2n) is 5.05. The molecule has 1 rings (SSSR count). The van der Waals surface area contributed by atoms with Crippen molar-refractivity contribution in [3.8, 4) is 0 Å². The molecule has 1 aliphatic rings. The molecule has 0 radical (unpaired) electrons. The van der Waals surface area contributed by atoms with Gasteiger partial charge in [-0.05, 0) is 19.6 Å². The topological polar surface area (TPSA) is 72.9 Å². The van der Waals surface area contributed by atoms with Gasteiger partial charge in [0.1, 0.15) is 6.04 Å². The van der Waals surface area contributed by atoms with E-state index < -0.39 is 12.0 Å². The highest BCUT2D eigenvalue weighted by Gasteiger charge is 2.27. The molecule has 116 valence electrons. The first-order chi connectivity index (χ1) is 9.45. The van der Waals surface area contributed by atoms with Crippen molar-refractivity contribution in [1.29, 1.82) is 0 Å². The van der Waals surface area contributed by atoms with Gasteiger partial charge in [0.05, 0.1) is 0 Å². The number of carbonyl (C=O) groups excluding carboxylic acids is 1. The summed E-state index contributed by atoms with van der Waals surface area (Å²) in [7, 11) is 0. The molecule has 2 amide bonds. The van der Waals surface area contributed by atoms with Crippen LogP contribution in [0.3, 0.4) is 0 Å². The molecule has 0 bridgehead atoms. The molecule has 1 heterocycles. The van der Waals surface area contributed by atoms with Gasteiger partial charge in [-0.2, -0.15) is 11.8 Å². The molecule has 20 heavy (non-hydrogen) atoms. The zero-order valence-corrected chi connectivity index (χ0v) is 13.3. The molecular weight excluding hydrogens is 278 g/mol. The first-order valence-electron chi connectivity index (χ1n) is 7.05. The molecule has 6 nitrogen and oxygen atoms in total. The first-order valence-corrected chi connectivity index (χ1v) is 8.21. The Morgan fingerprint density at radius 2 is 1.85 bits per heavy atom. The van der Waals surface area contributed by atoms with E-state index in [9.17, 15) is 9.59 Å². The Kier molecular flexibility index (Phi) is 7.15. The summed E-state index contributed by atoms with van der Waals surface area (Å²) < 4.78 is 0. The van der Waals surface area contributed by atoms with Crippen LogP contribution >= 0.6 is 11.8 Å². The fourth-order valence-corrected chi connectivity index (χ4v) is 2.78. The number of hydrogen-bond donors (Lipinski definition) is 2. The summed E-state index contributed by atoms with van der Waals surface area (Å²) in [5.74, 6) is 1.15. The minimum atomic E-state index is -0.812. The van der Waals surface area contributed by atoms with Gasteiger partial charge in [-0.1, -0.05) is 6.92 Å². The fourth-order valence-electron chi connectivity index (χ4n) is 2.11. The molecule has 1 aliphatic heterocycles. The zero-order valence-electron chi connectivity index (χ0n) is 12.5. The molecule has 0 aliphatic carbocycles. The van der Waals surface area contributed by atoms with Crippen LogP contribution in [0.15, 0.2) is 0 Å². The van der Waals surface area contributed by atoms with E-state index >= 15 is 0 Å². The fraction of sp³-hybridized carbons (Fsp3) is 0.846. The third kappa shape index (κ3) is 5.20. The Morgan fingerprint density at radius 3 is 2.35 bits per heavy atom. The molecule has 0 aromatic heterocycles. The third-order valence-corrected chi connectivity index (χ3v) is 4.59. The predicted octanol–water partition coefficient (Wildman–Crippen LogP) is 0.928. The van der Waals surface area contributed by atoms with Crippen molar-refractivity contribution in [2.75, 3.05) is 37.7 Å². The largest absolute Gasteiger partial charge is 0.480 e. The highest BCUT2D eigenvalue weighted by molar-refractivity contribution is 7.99. The number of thioether (sulfide) groups is 1. The monoisotopic (exact) mass is 303 g/mol. The average molecular weight is 303 g/mol. The molecule has 0 spiro atoms. The lowest BCUT2D eigenvalue weighted by Gasteiger charge is -2.36. The molecule has 0 saturated carbocycles. The predicted molar refractivity (Wildman–Crippen MR) is 81.2 cm³/mol. The quantitative estimate of drug-likeness (QED) is 0.763. The maximum Gasteiger partial charge on any atom is 0.320 e. The molecule has 1 fully saturated rings. The molecule has 2 unspecified atom stereocenters. The van der Waals surface area contributed by atoms with E-state index in [1.165, 1.54) is 0 Å². The van der Waals surface area contributed by atoms with E-state index in [0.29, 0.717) is 26.2 Å². The van der Waals surface area contributed by atoms with Crippen LogP contribution in [-0.2, 0) is 4.79 Å². The summed E-state index contributed by atoms with van der Waals surface area (Å²) in [4.78, 5) is 26.6. The highest BCUT2D eigenvalue weighted by Crippen LogP contribution is 2.08. The zero-order chi connectivity index (χ0) is 15.1. The van der Waals surface area contributed by atoms with Crippen molar-refractivity contribution in [1.82, 2.24) is 15.1 Å². The molecule has 1 saturated heterocycles. The maximum absolute atomic E-state index is 12.1. The number of urea groups is 1. The van der Waals surface area contributed by atoms with Crippen LogP contribution in [0.5, 0.6) is 0 Å². The van der Waals surface area contributed by atoms with Crippen LogP contribution in [0.2, 0.25) is 0 Å². The van der Waals surface area contributed by atoms with E-state index in [1.54, 1.807) is 23.6 Å². The number of rotatable bonds is 6. The van der Waals surface area contributed by atoms with Gasteiger partial charge < -0.3 is 15.3 Å². The van der Waals surface area contributed by atoms with Crippen LogP contribution in [0.1, 0.15) is 20.8 Å². The number of carbonyl (C=O) groups is 2. The van der Waals surface area contributed by atoms with Gasteiger partial charge in [0, 0.05) is 38.0 Å². The van der Waals surface area contributed by atoms with Gasteiger partial charge in [-0.3, -0.25) is 9.69 Å². The van der Waals surface area contributed by atoms with Crippen LogP contribution < -0.4 is 5.32 Å². The number of carboxylic acid groups (broad SMARTS) is 1. The minimum absolute atomic E-state index is 0.0446. The van der Waals surface area contributed by atoms with Gasteiger partial charge in [-0.25, -0.2) is 4.79 Å². The highest BCUT2D eigenvalue weighted by atomic mass is 32.2. The van der Waals surface area contributed by atoms with Crippen molar-refractivity contribution in [3.05, 3.63) is 0 Å². The van der Waals surface area contributed by atoms with Crippen LogP contribution in [0.25, 0.3) is 0 Å². The minimum Gasteiger partial charge on any atom is -0.480 e. The SMILES string of the molecule is CCSCC(C)NC(=O)N1CCN(C(C)C(=O)O)CC1. The van der Waals surface area contributed by atoms with Gasteiger partial charge in [0.25, 0.3) is 0 Å². The van der Waals surface area contributed by atoms with Gasteiger partial charge in [0.15, 0.2) is 0 Å². The van der Waals surface area contributed by atoms with E-state index in [2.05, 4.69) is 12.2 Å². The number of nitrogens with zero attached hydrogens (tertiary/aromatic N) is 2. The van der Waals surface area contributed by atoms with Crippen LogP contribution in [0, 0.1) is 0 Å². The maximum atomic E-state index is 12.1. The van der Waals surface area contributed by atoms with E-state index in [0.717, 1.165) is 11.5 Å². The Balaban J connectivity index is 2.33. The number of piperazine rings is 1. The summed E-state index contributed by atoms with van der Waals surface area (Å²) in [6.45, 7) is 8.17. The van der Waals surface area contributed by atoms with E-state index in [1.807, 2.05) is 11.8 Å². The summed E-state index contributed by atoms with van der Waals surface area (Å²) in [6, 6.07) is -0.375. The third-order valence-electron chi connectivity index (χ3n) is 3.45. The van der Waals surface area contributed by atoms with Crippen molar-refractivity contribution in [3.63, 3.8) is 0 Å². The van der Waals surface area contributed by atoms with Gasteiger partial charge >= 0.3 is 12.0 Å². The lowest BCUT2D eigenvalue weighted by molar-refractivity contribution is -0.143. The van der Waals surface area contributed by atoms with Crippen LogP contribution in [-0.4, -0.2) is 76.7 Å². The Labute approximate surface area is 124 Å². The van der Waals surface area contributed by atoms with Crippen molar-refractivity contribution >= 4 is 23.8 Å². The number of nitrogens with one attached hydrogen (secondary N) is 1. The summed E-state index contributed by atoms with van der Waals surface area (Å²) in [5, 5.41) is 12.0. The molecule has 2 N–H and O–H groups in total. The number of hydrogen-bond acceptors (Lipinski definition) is 4. The normalized spacial score (nSPS) is 19.4. The smallest absolute Gasteiger partial charge is 0.320 e. The summed E-state index contributed by atoms with van der Waals surface area (Å²) in [5.41, 5.74) is 0. The number of carboxylic acids is 1. The number of aliphatic carboxylic acids is 1. The molecular formula is C13H25N3O3S. The molecule has 0 aromatic carbocycles. The lowest BCUT2D eigenvalue weighted by Crippen LogP contribution is -2.56. The Hall–Kier alpha value is -0.950. The Bertz CT molecular complexity index is 333. The second kappa shape index (κ2) is 8.36. The van der Waals surface area contributed by atoms with E-state index in [4.69, 9.17) is 5.11 Å². The second-order valence-corrected chi connectivity index (χ2v) is 6.37. The first kappa shape index (κ1) is 17.1. The molecule has 2 atom stereocenters. The lowest BCUT2D eigenvalue weighted by atomic mass is 10.2. The standard InChI is InChI=1S/C13H25N3O3S/c1-4-20-9-10(2)14-13(19)16-7-5-15(6-8-16)11(3)12(17)18/h10-11H,4-9H2,1-3H3,(H,14,19)(H,17,18). The van der Waals surface area contributed by atoms with Crippen molar-refractivity contribution in [2.24, 2.45) is 0 Å². The summed E-state index contributed by atoms with van der Waals surface area (Å²) in [6.07, 6.45) is 0. The van der Waals surface area contributed by atoms with Crippen molar-refractivity contribution in [2.45, 2.75) is 32.9 Å². The van der Waals surface area contributed by atoms with Gasteiger partial charge in [-0.15, -0.1) is 0 Å². The Morgan fingerprint density at radius 1 is 1.25 bits per heavy atom. The van der Waals surface area contributed by atoms with Crippen molar-refractivity contribution < 1.29 is 14.7 Å². The van der Waals surface area contributed by atoms with Crippen LogP contribution in [0.4, 0.5) is 4.79 Å².